The average molecular weight is 366 g/mol. The molecule has 13 heteroatoms. The van der Waals surface area contributed by atoms with Crippen molar-refractivity contribution in [3.8, 4) is 0 Å². The van der Waals surface area contributed by atoms with E-state index in [9.17, 15) is 9.90 Å². The maximum absolute atomic E-state index is 12.3. The lowest BCUT2D eigenvalue weighted by atomic mass is 10.4. The molecule has 3 rings (SSSR count). The first-order valence-corrected chi connectivity index (χ1v) is 9.83. The minimum absolute atomic E-state index is 0.141. The molecule has 10 nitrogen and oxygen atoms in total. The van der Waals surface area contributed by atoms with Crippen LogP contribution in [0.2, 0.25) is 0 Å². The van der Waals surface area contributed by atoms with Crippen LogP contribution in [-0.4, -0.2) is 52.4 Å². The molecule has 2 aromatic heterocycles. The van der Waals surface area contributed by atoms with Gasteiger partial charge in [-0.3, -0.25) is 4.57 Å². The molecule has 3 N–H and O–H groups in total. The van der Waals surface area contributed by atoms with Crippen LogP contribution in [0, 0.1) is 0 Å². The standard InChI is InChI=1S/C9H12N4O6P2S/c14-6-5(3-18-21(16,17)22)19-9(20-6)13-4-11-7-10-1-2-12(7)8(13)15/h1-2,4-6,9,14,20H,3H2,(H2,16,17,22)/t5-,6+,9-/m1/s1. The highest BCUT2D eigenvalue weighted by Gasteiger charge is 2.36. The summed E-state index contributed by atoms with van der Waals surface area (Å²) < 4.78 is 12.7. The largest absolute Gasteiger partial charge is 0.386 e. The summed E-state index contributed by atoms with van der Waals surface area (Å²) in [6.07, 6.45) is 3.41. The Morgan fingerprint density at radius 3 is 3.00 bits per heavy atom. The van der Waals surface area contributed by atoms with Crippen molar-refractivity contribution in [2.75, 3.05) is 6.61 Å². The predicted octanol–water partition coefficient (Wildman–Crippen LogP) is -1.03. The number of aromatic nitrogens is 4. The first kappa shape index (κ1) is 16.1. The number of rotatable bonds is 4. The molecule has 3 heterocycles. The van der Waals surface area contributed by atoms with Gasteiger partial charge in [-0.15, -0.1) is 0 Å². The molecule has 0 amide bonds. The normalized spacial score (nSPS) is 27.0. The predicted molar refractivity (Wildman–Crippen MR) is 80.2 cm³/mol. The van der Waals surface area contributed by atoms with Gasteiger partial charge in [-0.05, 0) is 20.4 Å². The van der Waals surface area contributed by atoms with E-state index < -0.39 is 30.3 Å². The molecule has 120 valence electrons. The van der Waals surface area contributed by atoms with Crippen LogP contribution in [0.3, 0.4) is 0 Å². The molecule has 0 aliphatic carbocycles. The fraction of sp³-hybridized carbons (Fsp3) is 0.444. The van der Waals surface area contributed by atoms with Crippen LogP contribution in [0.4, 0.5) is 0 Å². The van der Waals surface area contributed by atoms with E-state index in [1.807, 2.05) is 0 Å². The van der Waals surface area contributed by atoms with E-state index >= 15 is 0 Å². The Kier molecular flexibility index (Phi) is 4.41. The van der Waals surface area contributed by atoms with Crippen molar-refractivity contribution in [3.05, 3.63) is 29.2 Å². The molecule has 0 spiro atoms. The van der Waals surface area contributed by atoms with Crippen molar-refractivity contribution in [1.82, 2.24) is 18.9 Å². The van der Waals surface area contributed by atoms with Gasteiger partial charge in [-0.25, -0.2) is 19.2 Å². The first-order chi connectivity index (χ1) is 10.3. The van der Waals surface area contributed by atoms with Crippen molar-refractivity contribution in [3.63, 3.8) is 0 Å². The van der Waals surface area contributed by atoms with Gasteiger partial charge in [0.2, 0.25) is 5.78 Å². The van der Waals surface area contributed by atoms with Crippen molar-refractivity contribution in [2.24, 2.45) is 0 Å². The van der Waals surface area contributed by atoms with Crippen molar-refractivity contribution >= 4 is 32.9 Å². The smallest absolute Gasteiger partial charge is 0.338 e. The highest BCUT2D eigenvalue weighted by molar-refractivity contribution is 8.06. The van der Waals surface area contributed by atoms with E-state index in [2.05, 4.69) is 21.8 Å². The second-order valence-corrected chi connectivity index (χ2v) is 8.54. The van der Waals surface area contributed by atoms with Gasteiger partial charge < -0.3 is 24.2 Å². The molecule has 0 bridgehead atoms. The molecule has 1 aliphatic heterocycles. The van der Waals surface area contributed by atoms with E-state index in [0.717, 1.165) is 0 Å². The highest BCUT2D eigenvalue weighted by Crippen LogP contribution is 2.45. The van der Waals surface area contributed by atoms with E-state index in [4.69, 9.17) is 19.0 Å². The number of aliphatic hydroxyl groups excluding tert-OH is 1. The Balaban J connectivity index is 1.79. The van der Waals surface area contributed by atoms with Crippen molar-refractivity contribution < 1.29 is 24.2 Å². The average Bonchev–Trinajstić information content (AvgIpc) is 3.03. The van der Waals surface area contributed by atoms with E-state index in [-0.39, 0.29) is 21.0 Å². The molecule has 4 atom stereocenters. The number of hydrogen-bond donors (Lipinski definition) is 3. The lowest BCUT2D eigenvalue weighted by Gasteiger charge is -2.16. The fourth-order valence-corrected chi connectivity index (χ4v) is 3.76. The Labute approximate surface area is 130 Å². The molecular weight excluding hydrogens is 354 g/mol. The third-order valence-electron chi connectivity index (χ3n) is 2.97. The monoisotopic (exact) mass is 366 g/mol. The van der Waals surface area contributed by atoms with Gasteiger partial charge in [0, 0.05) is 12.4 Å². The number of aliphatic hydroxyl groups is 1. The molecular formula is C9H12N4O6P2S. The molecule has 0 aromatic carbocycles. The van der Waals surface area contributed by atoms with Crippen molar-refractivity contribution in [1.29, 1.82) is 0 Å². The van der Waals surface area contributed by atoms with Crippen LogP contribution >= 0.6 is 15.3 Å². The summed E-state index contributed by atoms with van der Waals surface area (Å²) in [5.41, 5.74) is -0.400. The van der Waals surface area contributed by atoms with Gasteiger partial charge in [0.25, 0.3) is 0 Å². The third-order valence-corrected chi connectivity index (χ3v) is 5.19. The summed E-state index contributed by atoms with van der Waals surface area (Å²) in [6, 6.07) is 0. The molecule has 2 aromatic rings. The maximum atomic E-state index is 12.3. The maximum Gasteiger partial charge on any atom is 0.338 e. The zero-order valence-corrected chi connectivity index (χ0v) is 13.6. The van der Waals surface area contributed by atoms with Crippen LogP contribution in [0.15, 0.2) is 23.5 Å². The van der Waals surface area contributed by atoms with E-state index in [0.29, 0.717) is 0 Å². The third kappa shape index (κ3) is 3.27. The van der Waals surface area contributed by atoms with Gasteiger partial charge >= 0.3 is 12.4 Å². The summed E-state index contributed by atoms with van der Waals surface area (Å²) in [4.78, 5) is 38.3. The molecule has 0 saturated carbocycles. The minimum Gasteiger partial charge on any atom is -0.386 e. The number of nitrogens with zero attached hydrogens (tertiary/aromatic N) is 4. The van der Waals surface area contributed by atoms with Gasteiger partial charge in [-0.2, -0.15) is 0 Å². The lowest BCUT2D eigenvalue weighted by Crippen LogP contribution is -2.30. The van der Waals surface area contributed by atoms with Gasteiger partial charge in [0.15, 0.2) is 5.97 Å². The summed E-state index contributed by atoms with van der Waals surface area (Å²) in [5.74, 6) is -1.35. The molecule has 1 fully saturated rings. The Hall–Kier alpha value is -0.770. The zero-order valence-electron chi connectivity index (χ0n) is 10.9. The highest BCUT2D eigenvalue weighted by atomic mass is 32.5. The van der Waals surface area contributed by atoms with Crippen LogP contribution in [0.1, 0.15) is 5.97 Å². The number of imidazole rings is 1. The molecule has 1 saturated heterocycles. The van der Waals surface area contributed by atoms with Crippen LogP contribution < -0.4 is 5.69 Å². The van der Waals surface area contributed by atoms with E-state index in [1.165, 1.54) is 27.7 Å². The molecule has 1 unspecified atom stereocenters. The Morgan fingerprint density at radius 1 is 1.50 bits per heavy atom. The van der Waals surface area contributed by atoms with Gasteiger partial charge in [0.1, 0.15) is 18.3 Å². The Bertz CT molecular complexity index is 790. The number of ether oxygens (including phenoxy) is 1. The van der Waals surface area contributed by atoms with Gasteiger partial charge in [0.05, 0.1) is 6.61 Å². The number of hydrogen-bond acceptors (Lipinski definition) is 7. The van der Waals surface area contributed by atoms with Crippen molar-refractivity contribution in [2.45, 2.75) is 17.9 Å². The summed E-state index contributed by atoms with van der Waals surface area (Å²) in [5, 5.41) is 9.95. The quantitative estimate of drug-likeness (QED) is 0.581. The van der Waals surface area contributed by atoms with Crippen LogP contribution in [-0.2, 0) is 21.1 Å². The molecule has 22 heavy (non-hydrogen) atoms. The second-order valence-electron chi connectivity index (χ2n) is 4.46. The molecule has 1 aliphatic rings. The van der Waals surface area contributed by atoms with Crippen LogP contribution in [0.25, 0.3) is 5.78 Å². The minimum atomic E-state index is -3.82. The fourth-order valence-electron chi connectivity index (χ4n) is 1.97. The SMILES string of the molecule is O=c1n([C@@H]2O[C@H](COP(O)(O)=S)[C@@H](O)P2)cnc2nccn12. The number of fused-ring (bicyclic) bond motifs is 1. The van der Waals surface area contributed by atoms with Crippen LogP contribution in [0.5, 0.6) is 0 Å². The van der Waals surface area contributed by atoms with Gasteiger partial charge in [-0.1, -0.05) is 0 Å². The first-order valence-electron chi connectivity index (χ1n) is 6.05. The molecule has 0 radical (unpaired) electrons. The summed E-state index contributed by atoms with van der Waals surface area (Å²) in [7, 11) is -0.141. The van der Waals surface area contributed by atoms with E-state index in [1.54, 1.807) is 0 Å². The lowest BCUT2D eigenvalue weighted by molar-refractivity contribution is -0.0408. The second kappa shape index (κ2) is 6.03. The zero-order chi connectivity index (χ0) is 15.9. The summed E-state index contributed by atoms with van der Waals surface area (Å²) >= 11 is 4.33. The Morgan fingerprint density at radius 2 is 2.27 bits per heavy atom. The topological polar surface area (TPSA) is 131 Å². The summed E-state index contributed by atoms with van der Waals surface area (Å²) in [6.45, 7) is -4.09.